The Morgan fingerprint density at radius 1 is 0.837 bits per heavy atom. The summed E-state index contributed by atoms with van der Waals surface area (Å²) in [5, 5.41) is 1.38. The molecule has 11 heteroatoms. The van der Waals surface area contributed by atoms with Gasteiger partial charge in [0.25, 0.3) is 0 Å². The number of halogens is 4. The van der Waals surface area contributed by atoms with E-state index in [1.807, 2.05) is 0 Å². The Morgan fingerprint density at radius 3 is 2.07 bits per heavy atom. The van der Waals surface area contributed by atoms with E-state index < -0.39 is 12.6 Å². The summed E-state index contributed by atoms with van der Waals surface area (Å²) in [4.78, 5) is 58.5. The van der Waals surface area contributed by atoms with Crippen molar-refractivity contribution >= 4 is 95.2 Å². The Morgan fingerprint density at radius 2 is 1.44 bits per heavy atom. The van der Waals surface area contributed by atoms with Crippen LogP contribution in [0.3, 0.4) is 0 Å². The third kappa shape index (κ3) is 5.88. The molecular formula is C32H22Br2Cl2N2O5. The maximum absolute atomic E-state index is 13.3. The summed E-state index contributed by atoms with van der Waals surface area (Å²) in [6.07, 6.45) is 1.18. The van der Waals surface area contributed by atoms with Gasteiger partial charge in [0, 0.05) is 36.2 Å². The number of ketones is 1. The van der Waals surface area contributed by atoms with Crippen LogP contribution in [0.1, 0.15) is 33.6 Å². The van der Waals surface area contributed by atoms with Crippen LogP contribution in [-0.4, -0.2) is 44.8 Å². The number of nitrogens with zero attached hydrogens (tertiary/aromatic N) is 2. The van der Waals surface area contributed by atoms with E-state index in [4.69, 9.17) is 32.9 Å². The molecule has 7 nitrogen and oxygen atoms in total. The molecule has 2 aliphatic rings. The predicted molar refractivity (Wildman–Crippen MR) is 172 cm³/mol. The topological polar surface area (TPSA) is 93.6 Å². The number of carbonyl (C=O) groups is 4. The van der Waals surface area contributed by atoms with Gasteiger partial charge in [-0.25, -0.2) is 9.78 Å². The van der Waals surface area contributed by atoms with Crippen molar-refractivity contribution in [1.82, 2.24) is 4.98 Å². The molecule has 218 valence electrons. The third-order valence-electron chi connectivity index (χ3n) is 7.82. The minimum Gasteiger partial charge on any atom is -0.454 e. The molecule has 6 rings (SSSR count). The number of Topliss-reactive ketones (excluding diaryl/α,β-unsaturated/α-hetero) is 1. The summed E-state index contributed by atoms with van der Waals surface area (Å²) in [6, 6.07) is 19.8. The van der Waals surface area contributed by atoms with Crippen LogP contribution in [-0.2, 0) is 14.3 Å². The fourth-order valence-electron chi connectivity index (χ4n) is 5.57. The monoisotopic (exact) mass is 742 g/mol. The van der Waals surface area contributed by atoms with E-state index in [-0.39, 0.29) is 44.7 Å². The first kappa shape index (κ1) is 29.9. The Bertz CT molecular complexity index is 1750. The van der Waals surface area contributed by atoms with E-state index in [1.54, 1.807) is 72.8 Å². The normalized spacial score (nSPS) is 21.6. The summed E-state index contributed by atoms with van der Waals surface area (Å²) in [7, 11) is 0. The molecule has 2 heterocycles. The highest BCUT2D eigenvalue weighted by molar-refractivity contribution is 9.12. The second-order valence-electron chi connectivity index (χ2n) is 10.5. The average molecular weight is 745 g/mol. The van der Waals surface area contributed by atoms with Gasteiger partial charge in [0.2, 0.25) is 11.8 Å². The molecule has 1 saturated heterocycles. The Balaban J connectivity index is 1.27. The van der Waals surface area contributed by atoms with Crippen LogP contribution in [0.15, 0.2) is 72.8 Å². The van der Waals surface area contributed by atoms with Crippen molar-refractivity contribution in [2.24, 2.45) is 11.8 Å². The Labute approximate surface area is 273 Å². The largest absolute Gasteiger partial charge is 0.454 e. The highest BCUT2D eigenvalue weighted by Crippen LogP contribution is 2.44. The van der Waals surface area contributed by atoms with Gasteiger partial charge in [0.1, 0.15) is 0 Å². The number of amides is 2. The van der Waals surface area contributed by atoms with Crippen molar-refractivity contribution in [3.05, 3.63) is 94.0 Å². The van der Waals surface area contributed by atoms with Gasteiger partial charge in [-0.1, -0.05) is 67.2 Å². The number of anilines is 1. The first-order chi connectivity index (χ1) is 20.6. The van der Waals surface area contributed by atoms with Crippen LogP contribution in [0.4, 0.5) is 5.69 Å². The molecule has 4 atom stereocenters. The van der Waals surface area contributed by atoms with Crippen LogP contribution in [0.25, 0.3) is 22.2 Å². The number of benzene rings is 3. The summed E-state index contributed by atoms with van der Waals surface area (Å²) >= 11 is 19.4. The van der Waals surface area contributed by atoms with Crippen LogP contribution >= 0.6 is 55.1 Å². The van der Waals surface area contributed by atoms with Crippen molar-refractivity contribution in [1.29, 1.82) is 0 Å². The molecule has 0 spiro atoms. The number of alkyl halides is 2. The van der Waals surface area contributed by atoms with Crippen molar-refractivity contribution in [3.63, 3.8) is 0 Å². The quantitative estimate of drug-likeness (QED) is 0.0871. The standard InChI is InChI=1S/C32H22Br2Cl2N2O5/c33-25-12-22-23(13-26(25)34)31(41)38(30(22)40)20-8-3-16(4-9-20)28-14-24(21-11-19(36)7-10-27(21)37-28)32(42)43-15-29(39)17-1-5-18(35)6-2-17/h1-11,14,22-23,25-26H,12-13,15H2. The number of fused-ring (bicyclic) bond motifs is 2. The summed E-state index contributed by atoms with van der Waals surface area (Å²) in [5.74, 6) is -2.16. The van der Waals surface area contributed by atoms with Crippen LogP contribution < -0.4 is 4.90 Å². The molecule has 43 heavy (non-hydrogen) atoms. The fraction of sp³-hybridized carbons (Fsp3) is 0.219. The molecule has 1 aliphatic carbocycles. The van der Waals surface area contributed by atoms with Crippen molar-refractivity contribution < 1.29 is 23.9 Å². The molecule has 0 bridgehead atoms. The van der Waals surface area contributed by atoms with Gasteiger partial charge in [-0.3, -0.25) is 19.3 Å². The molecule has 4 aromatic rings. The minimum absolute atomic E-state index is 0.123. The zero-order chi connectivity index (χ0) is 30.4. The molecule has 2 amide bonds. The molecule has 0 radical (unpaired) electrons. The number of ether oxygens (including phenoxy) is 1. The summed E-state index contributed by atoms with van der Waals surface area (Å²) in [6.45, 7) is -0.458. The number of esters is 1. The van der Waals surface area contributed by atoms with Gasteiger partial charge in [-0.2, -0.15) is 0 Å². The van der Waals surface area contributed by atoms with E-state index in [0.717, 1.165) is 0 Å². The number of hydrogen-bond donors (Lipinski definition) is 0. The number of aromatic nitrogens is 1. The average Bonchev–Trinajstić information content (AvgIpc) is 3.24. The van der Waals surface area contributed by atoms with E-state index in [0.29, 0.717) is 56.3 Å². The van der Waals surface area contributed by atoms with Gasteiger partial charge in [-0.05, 0) is 73.5 Å². The second-order valence-corrected chi connectivity index (χ2v) is 13.7. The van der Waals surface area contributed by atoms with Crippen LogP contribution in [0.2, 0.25) is 10.0 Å². The summed E-state index contributed by atoms with van der Waals surface area (Å²) < 4.78 is 5.40. The Hall–Kier alpha value is -3.11. The number of pyridine rings is 1. The van der Waals surface area contributed by atoms with Crippen molar-refractivity contribution in [3.8, 4) is 11.3 Å². The lowest BCUT2D eigenvalue weighted by atomic mass is 9.81. The van der Waals surface area contributed by atoms with E-state index in [2.05, 4.69) is 31.9 Å². The number of hydrogen-bond acceptors (Lipinski definition) is 6. The highest BCUT2D eigenvalue weighted by Gasteiger charge is 2.52. The number of rotatable bonds is 6. The van der Waals surface area contributed by atoms with Gasteiger partial charge in [0.05, 0.1) is 34.3 Å². The first-order valence-corrected chi connectivity index (χ1v) is 16.0. The second kappa shape index (κ2) is 12.1. The van der Waals surface area contributed by atoms with Gasteiger partial charge < -0.3 is 4.74 Å². The minimum atomic E-state index is -0.707. The molecular weight excluding hydrogens is 723 g/mol. The number of carbonyl (C=O) groups excluding carboxylic acids is 4. The highest BCUT2D eigenvalue weighted by atomic mass is 79.9. The van der Waals surface area contributed by atoms with Crippen molar-refractivity contribution in [2.45, 2.75) is 22.5 Å². The third-order valence-corrected chi connectivity index (χ3v) is 11.0. The fourth-order valence-corrected chi connectivity index (χ4v) is 7.11. The Kier molecular flexibility index (Phi) is 8.43. The molecule has 1 aromatic heterocycles. The number of imide groups is 1. The zero-order valence-corrected chi connectivity index (χ0v) is 27.0. The lowest BCUT2D eigenvalue weighted by molar-refractivity contribution is -0.122. The maximum atomic E-state index is 13.3. The van der Waals surface area contributed by atoms with Gasteiger partial charge >= 0.3 is 5.97 Å². The zero-order valence-electron chi connectivity index (χ0n) is 22.3. The van der Waals surface area contributed by atoms with Gasteiger partial charge in [0.15, 0.2) is 12.4 Å². The predicted octanol–water partition coefficient (Wildman–Crippen LogP) is 7.67. The lowest BCUT2D eigenvalue weighted by Crippen LogP contribution is -2.34. The van der Waals surface area contributed by atoms with Crippen molar-refractivity contribution in [2.75, 3.05) is 11.5 Å². The molecule has 2 fully saturated rings. The van der Waals surface area contributed by atoms with Gasteiger partial charge in [-0.15, -0.1) is 0 Å². The van der Waals surface area contributed by atoms with E-state index in [9.17, 15) is 19.2 Å². The lowest BCUT2D eigenvalue weighted by Gasteiger charge is -2.29. The molecule has 4 unspecified atom stereocenters. The van der Waals surface area contributed by atoms with Crippen LogP contribution in [0, 0.1) is 11.8 Å². The maximum Gasteiger partial charge on any atom is 0.339 e. The van der Waals surface area contributed by atoms with E-state index in [1.165, 1.54) is 4.90 Å². The van der Waals surface area contributed by atoms with E-state index >= 15 is 0 Å². The summed E-state index contributed by atoms with van der Waals surface area (Å²) in [5.41, 5.74) is 2.67. The smallest absolute Gasteiger partial charge is 0.339 e. The SMILES string of the molecule is O=C(COC(=O)c1cc(-c2ccc(N3C(=O)C4CC(Br)C(Br)CC4C3=O)cc2)nc2ccc(Cl)cc12)c1ccc(Cl)cc1. The molecule has 0 N–H and O–H groups in total. The molecule has 3 aromatic carbocycles. The van der Waals surface area contributed by atoms with Crippen LogP contribution in [0.5, 0.6) is 0 Å². The molecule has 1 saturated carbocycles. The molecule has 1 aliphatic heterocycles. The first-order valence-electron chi connectivity index (χ1n) is 13.4.